The van der Waals surface area contributed by atoms with Gasteiger partial charge in [-0.1, -0.05) is 66.7 Å². The van der Waals surface area contributed by atoms with E-state index >= 15 is 0 Å². The number of nitrogens with one attached hydrogen (secondary N) is 14. The number of nitrogens with zero attached hydrogens (tertiary/aromatic N) is 1. The van der Waals surface area contributed by atoms with Gasteiger partial charge in [0.2, 0.25) is 88.6 Å². The topological polar surface area (TPSA) is 684 Å². The fraction of sp³-hybridized carbons (Fsp3) is 0.427. The maximum Gasteiger partial charge on any atom is 0.328 e. The van der Waals surface area contributed by atoms with Gasteiger partial charge in [0, 0.05) is 50.2 Å². The molecule has 1 heterocycles. The predicted molar refractivity (Wildman–Crippen MR) is 424 cm³/mol. The van der Waals surface area contributed by atoms with Crippen molar-refractivity contribution >= 4 is 138 Å². The largest absolute Gasteiger partial charge is 0.508 e. The Labute approximate surface area is 695 Å². The van der Waals surface area contributed by atoms with Gasteiger partial charge in [0.05, 0.1) is 45.2 Å². The standard InChI is InChI=1S/C75H96N16O27S2/c1-38(64(106)89-54(36-119)71(113)85-49(28-41-11-17-44(94)18-12-41)67(109)79-32-58(97)77-31-57(96)78-33-60(99)82-53(35-92)75(117)118)81-59(98)34-80-66(108)47(21-23-61(100)101)83-68(110)48(22-24-62(102)103)84-70(112)51(30-63(104)105)87-73(115)56-8-5-25-91(56)74(116)52(29-42-13-19-45(95)20-14-42)88-69(111)50(27-39-6-3-2-4-7-39)86-72(114)55(37-120)90-65(107)46(76)26-40-9-15-43(93)16-10-40/h2-4,6-7,9-20,38,46-56,92-95,119-120H,5,8,21-37,76H2,1H3,(H,77,97)(H,78,96)(H,79,109)(H,80,108)(H,81,98)(H,82,99)(H,83,110)(H,84,112)(H,85,113)(H,86,114)(H,87,115)(H,88,111)(H,89,106)(H,90,107)(H,100,101)(H,102,103)(H,104,105)(H,117,118)/t38-,46-,47-,48-,49-,50-,51-,52-,53-,54-,55-,56-/m0/s1. The van der Waals surface area contributed by atoms with Crippen LogP contribution in [0.1, 0.15) is 74.1 Å². The van der Waals surface area contributed by atoms with Gasteiger partial charge in [-0.2, -0.15) is 25.3 Å². The van der Waals surface area contributed by atoms with Crippen LogP contribution in [-0.4, -0.2) is 282 Å². The van der Waals surface area contributed by atoms with Crippen molar-refractivity contribution in [1.29, 1.82) is 0 Å². The highest BCUT2D eigenvalue weighted by atomic mass is 32.1. The van der Waals surface area contributed by atoms with E-state index < -0.39 is 256 Å². The number of aromatic hydroxyl groups is 3. The van der Waals surface area contributed by atoms with Crippen molar-refractivity contribution < 1.29 is 132 Å². The first-order chi connectivity index (χ1) is 56.9. The Hall–Kier alpha value is -13.2. The monoisotopic (exact) mass is 1720 g/mol. The van der Waals surface area contributed by atoms with Crippen LogP contribution >= 0.6 is 25.3 Å². The smallest absolute Gasteiger partial charge is 0.328 e. The Kier molecular flexibility index (Phi) is 39.9. The lowest BCUT2D eigenvalue weighted by Gasteiger charge is -2.31. The van der Waals surface area contributed by atoms with Crippen LogP contribution in [0.2, 0.25) is 0 Å². The van der Waals surface area contributed by atoms with E-state index in [0.29, 0.717) is 22.3 Å². The summed E-state index contributed by atoms with van der Waals surface area (Å²) in [6.07, 6.45) is -5.28. The van der Waals surface area contributed by atoms with Crippen LogP contribution in [0, 0.1) is 0 Å². The maximum atomic E-state index is 15.0. The summed E-state index contributed by atoms with van der Waals surface area (Å²) in [5.41, 5.74) is 8.03. The number of likely N-dealkylation sites (tertiary alicyclic amines) is 1. The summed E-state index contributed by atoms with van der Waals surface area (Å²) >= 11 is 8.41. The number of carboxylic acids is 4. The number of thiol groups is 2. The fourth-order valence-corrected chi connectivity index (χ4v) is 12.1. The van der Waals surface area contributed by atoms with Gasteiger partial charge in [-0.25, -0.2) is 4.79 Å². The number of rotatable bonds is 49. The van der Waals surface area contributed by atoms with E-state index in [1.807, 2.05) is 5.32 Å². The number of aliphatic hydroxyl groups is 1. The second kappa shape index (κ2) is 49.1. The molecule has 12 atom stereocenters. The highest BCUT2D eigenvalue weighted by Gasteiger charge is 2.42. The summed E-state index contributed by atoms with van der Waals surface area (Å²) < 4.78 is 0. The Morgan fingerprint density at radius 1 is 0.400 bits per heavy atom. The number of amides is 15. The molecule has 120 heavy (non-hydrogen) atoms. The number of nitrogens with two attached hydrogens (primary N) is 1. The van der Waals surface area contributed by atoms with Gasteiger partial charge in [0.15, 0.2) is 0 Å². The van der Waals surface area contributed by atoms with Gasteiger partial charge < -0.3 is 126 Å². The lowest BCUT2D eigenvalue weighted by molar-refractivity contribution is -0.144. The van der Waals surface area contributed by atoms with Gasteiger partial charge in [-0.05, 0) is 97.7 Å². The van der Waals surface area contributed by atoms with E-state index in [1.54, 1.807) is 42.5 Å². The van der Waals surface area contributed by atoms with Crippen LogP contribution in [0.15, 0.2) is 103 Å². The summed E-state index contributed by atoms with van der Waals surface area (Å²) in [7, 11) is 0. The zero-order chi connectivity index (χ0) is 88.9. The van der Waals surface area contributed by atoms with Crippen LogP contribution in [0.5, 0.6) is 17.2 Å². The number of aliphatic carboxylic acids is 4. The third kappa shape index (κ3) is 33.8. The van der Waals surface area contributed by atoms with Crippen LogP contribution in [-0.2, 0) is 117 Å². The number of carbonyl (C=O) groups excluding carboxylic acids is 15. The van der Waals surface area contributed by atoms with Crippen molar-refractivity contribution in [2.24, 2.45) is 5.73 Å². The lowest BCUT2D eigenvalue weighted by atomic mass is 10.0. The molecular formula is C75H96N16O27S2. The molecule has 650 valence electrons. The molecule has 5 rings (SSSR count). The molecule has 43 nitrogen and oxygen atoms in total. The van der Waals surface area contributed by atoms with E-state index in [2.05, 4.69) is 94.4 Å². The van der Waals surface area contributed by atoms with Crippen LogP contribution < -0.4 is 80.2 Å². The molecule has 4 aromatic rings. The van der Waals surface area contributed by atoms with Gasteiger partial charge in [0.1, 0.15) is 83.7 Å². The zero-order valence-corrected chi connectivity index (χ0v) is 66.2. The molecule has 1 aliphatic rings. The molecule has 0 aliphatic carbocycles. The van der Waals surface area contributed by atoms with Crippen molar-refractivity contribution in [2.75, 3.05) is 50.8 Å². The molecule has 0 unspecified atom stereocenters. The van der Waals surface area contributed by atoms with Crippen molar-refractivity contribution in [3.05, 3.63) is 125 Å². The molecule has 4 aromatic carbocycles. The molecule has 1 fully saturated rings. The fourth-order valence-electron chi connectivity index (χ4n) is 11.6. The molecule has 45 heteroatoms. The Morgan fingerprint density at radius 2 is 0.775 bits per heavy atom. The molecule has 15 amide bonds. The van der Waals surface area contributed by atoms with E-state index in [0.717, 1.165) is 11.8 Å². The summed E-state index contributed by atoms with van der Waals surface area (Å²) in [5.74, 6) is -23.1. The van der Waals surface area contributed by atoms with Gasteiger partial charge in [-0.3, -0.25) is 86.3 Å². The third-order valence-electron chi connectivity index (χ3n) is 18.0. The minimum absolute atomic E-state index is 0.00710. The number of hydrogen-bond acceptors (Lipinski definition) is 26. The highest BCUT2D eigenvalue weighted by Crippen LogP contribution is 2.22. The average molecular weight is 1720 g/mol. The quantitative estimate of drug-likeness (QED) is 0.0183. The van der Waals surface area contributed by atoms with Gasteiger partial charge in [-0.15, -0.1) is 0 Å². The van der Waals surface area contributed by atoms with Crippen molar-refractivity contribution in [3.63, 3.8) is 0 Å². The number of aliphatic hydroxyl groups excluding tert-OH is 1. The number of carboxylic acid groups (broad SMARTS) is 4. The first-order valence-corrected chi connectivity index (χ1v) is 38.4. The molecule has 0 aromatic heterocycles. The molecule has 1 saturated heterocycles. The summed E-state index contributed by atoms with van der Waals surface area (Å²) in [6, 6.07) is 5.60. The second-order valence-corrected chi connectivity index (χ2v) is 28.1. The number of carbonyl (C=O) groups is 19. The predicted octanol–water partition coefficient (Wildman–Crippen LogP) is -7.13. The first-order valence-electron chi connectivity index (χ1n) is 37.1. The highest BCUT2D eigenvalue weighted by molar-refractivity contribution is 7.80. The Bertz CT molecular complexity index is 4320. The molecule has 0 saturated carbocycles. The maximum absolute atomic E-state index is 15.0. The number of phenols is 3. The molecular weight excluding hydrogens is 1620 g/mol. The van der Waals surface area contributed by atoms with E-state index in [9.17, 15) is 122 Å². The molecule has 0 bridgehead atoms. The van der Waals surface area contributed by atoms with E-state index in [1.165, 1.54) is 60.7 Å². The summed E-state index contributed by atoms with van der Waals surface area (Å²) in [4.78, 5) is 253. The number of phenolic OH excluding ortho intramolecular Hbond substituents is 3. The Balaban J connectivity index is 1.24. The minimum Gasteiger partial charge on any atom is -0.508 e. The third-order valence-corrected chi connectivity index (χ3v) is 18.7. The number of benzene rings is 4. The van der Waals surface area contributed by atoms with Crippen molar-refractivity contribution in [1.82, 2.24) is 79.3 Å². The van der Waals surface area contributed by atoms with Crippen molar-refractivity contribution in [2.45, 2.75) is 150 Å². The second-order valence-electron chi connectivity index (χ2n) is 27.3. The van der Waals surface area contributed by atoms with Crippen LogP contribution in [0.25, 0.3) is 0 Å². The van der Waals surface area contributed by atoms with Crippen LogP contribution in [0.4, 0.5) is 0 Å². The van der Waals surface area contributed by atoms with Crippen LogP contribution in [0.3, 0.4) is 0 Å². The van der Waals surface area contributed by atoms with E-state index in [-0.39, 0.29) is 68.1 Å². The Morgan fingerprint density at radius 3 is 1.25 bits per heavy atom. The lowest BCUT2D eigenvalue weighted by Crippen LogP contribution is -2.61. The summed E-state index contributed by atoms with van der Waals surface area (Å²) in [6.45, 7) is -3.23. The average Bonchev–Trinajstić information content (AvgIpc) is 1.61. The molecule has 24 N–H and O–H groups in total. The molecule has 0 spiro atoms. The zero-order valence-electron chi connectivity index (χ0n) is 64.4. The minimum atomic E-state index is -2.12. The molecule has 0 radical (unpaired) electrons. The number of hydrogen-bond donors (Lipinski definition) is 25. The van der Waals surface area contributed by atoms with Gasteiger partial charge >= 0.3 is 23.9 Å². The van der Waals surface area contributed by atoms with Crippen molar-refractivity contribution in [3.8, 4) is 17.2 Å². The normalized spacial score (nSPS) is 14.9. The first kappa shape index (κ1) is 97.4. The van der Waals surface area contributed by atoms with Gasteiger partial charge in [0.25, 0.3) is 0 Å². The SMILES string of the molecule is C[C@H](NC(=O)CNC(=O)[C@H](CCC(=O)O)NC(=O)[C@H](CCC(=O)O)NC(=O)[C@H](CC(=O)O)NC(=O)[C@@H]1CCCN1C(=O)[C@H](Cc1ccc(O)cc1)NC(=O)[C@H](Cc1ccccc1)NC(=O)[C@H](CS)NC(=O)[C@@H](N)Cc1ccc(O)cc1)C(=O)N[C@@H](CS)C(=O)N[C@@H](Cc1ccc(O)cc1)C(=O)NCC(=O)NCC(=O)NCC(=O)N[C@@H](CO)C(=O)O. The summed E-state index contributed by atoms with van der Waals surface area (Å²) in [5, 5.41) is 109. The van der Waals surface area contributed by atoms with E-state index in [4.69, 9.17) is 15.9 Å². The molecule has 1 aliphatic heterocycles.